The van der Waals surface area contributed by atoms with Crippen LogP contribution in [0.4, 0.5) is 0 Å². The third-order valence-electron chi connectivity index (χ3n) is 4.19. The molecule has 2 heterocycles. The first-order chi connectivity index (χ1) is 9.74. The number of nitrogens with one attached hydrogen (secondary N) is 1. The zero-order valence-corrected chi connectivity index (χ0v) is 12.5. The van der Waals surface area contributed by atoms with Crippen molar-refractivity contribution in [1.82, 2.24) is 5.32 Å². The number of ether oxygens (including phenoxy) is 3. The third kappa shape index (κ3) is 4.72. The number of carbonyl (C=O) groups is 1. The van der Waals surface area contributed by atoms with Gasteiger partial charge in [-0.3, -0.25) is 4.79 Å². The molecule has 20 heavy (non-hydrogen) atoms. The molecular formula is C15H27NO4. The summed E-state index contributed by atoms with van der Waals surface area (Å²) in [5.41, 5.74) is 0.0370. The summed E-state index contributed by atoms with van der Waals surface area (Å²) in [7, 11) is 0. The average molecular weight is 285 g/mol. The standard InChI is InChI=1S/C15H27NO4/c1-2-19-14(17)4-3-8-16-13-5-9-20-15(12-13)6-10-18-11-7-15/h13,16H,2-12H2,1H3. The van der Waals surface area contributed by atoms with Crippen LogP contribution in [0, 0.1) is 0 Å². The molecule has 0 amide bonds. The second-order valence-electron chi connectivity index (χ2n) is 5.70. The van der Waals surface area contributed by atoms with Crippen molar-refractivity contribution in [3.8, 4) is 0 Å². The number of hydrogen-bond donors (Lipinski definition) is 1. The zero-order chi connectivity index (χ0) is 14.3. The smallest absolute Gasteiger partial charge is 0.305 e. The fourth-order valence-corrected chi connectivity index (χ4v) is 3.07. The van der Waals surface area contributed by atoms with Gasteiger partial charge in [-0.2, -0.15) is 0 Å². The van der Waals surface area contributed by atoms with Gasteiger partial charge in [-0.25, -0.2) is 0 Å². The van der Waals surface area contributed by atoms with Crippen molar-refractivity contribution in [2.24, 2.45) is 0 Å². The van der Waals surface area contributed by atoms with Crippen molar-refractivity contribution in [1.29, 1.82) is 0 Å². The first kappa shape index (κ1) is 15.7. The Hall–Kier alpha value is -0.650. The fraction of sp³-hybridized carbons (Fsp3) is 0.933. The molecule has 1 spiro atoms. The minimum absolute atomic E-state index is 0.0370. The van der Waals surface area contributed by atoms with E-state index < -0.39 is 0 Å². The highest BCUT2D eigenvalue weighted by Crippen LogP contribution is 2.34. The molecule has 1 N–H and O–H groups in total. The Balaban J connectivity index is 1.64. The molecule has 1 unspecified atom stereocenters. The summed E-state index contributed by atoms with van der Waals surface area (Å²) in [6.07, 6.45) is 5.48. The van der Waals surface area contributed by atoms with E-state index in [4.69, 9.17) is 14.2 Å². The third-order valence-corrected chi connectivity index (χ3v) is 4.19. The van der Waals surface area contributed by atoms with E-state index in [1.54, 1.807) is 0 Å². The summed E-state index contributed by atoms with van der Waals surface area (Å²) in [4.78, 5) is 11.3. The minimum atomic E-state index is -0.0952. The molecule has 0 aromatic heterocycles. The Bertz CT molecular complexity index is 297. The van der Waals surface area contributed by atoms with Gasteiger partial charge in [0, 0.05) is 32.3 Å². The van der Waals surface area contributed by atoms with Crippen molar-refractivity contribution in [2.75, 3.05) is 33.0 Å². The molecule has 0 aromatic rings. The molecule has 116 valence electrons. The largest absolute Gasteiger partial charge is 0.466 e. The molecule has 0 bridgehead atoms. The van der Waals surface area contributed by atoms with Gasteiger partial charge in [0.1, 0.15) is 0 Å². The second-order valence-corrected chi connectivity index (χ2v) is 5.70. The summed E-state index contributed by atoms with van der Waals surface area (Å²) in [5, 5.41) is 3.56. The lowest BCUT2D eigenvalue weighted by atomic mass is 9.84. The van der Waals surface area contributed by atoms with Crippen molar-refractivity contribution < 1.29 is 19.0 Å². The summed E-state index contributed by atoms with van der Waals surface area (Å²) < 4.78 is 16.4. The van der Waals surface area contributed by atoms with Gasteiger partial charge in [0.25, 0.3) is 0 Å². The quantitative estimate of drug-likeness (QED) is 0.594. The van der Waals surface area contributed by atoms with Crippen LogP contribution in [0.3, 0.4) is 0 Å². The van der Waals surface area contributed by atoms with Crippen molar-refractivity contribution in [3.63, 3.8) is 0 Å². The minimum Gasteiger partial charge on any atom is -0.466 e. The van der Waals surface area contributed by atoms with Gasteiger partial charge in [-0.05, 0) is 45.6 Å². The highest BCUT2D eigenvalue weighted by molar-refractivity contribution is 5.69. The van der Waals surface area contributed by atoms with E-state index in [2.05, 4.69) is 5.32 Å². The maximum absolute atomic E-state index is 11.3. The zero-order valence-electron chi connectivity index (χ0n) is 12.5. The highest BCUT2D eigenvalue weighted by atomic mass is 16.5. The first-order valence-electron chi connectivity index (χ1n) is 7.85. The Morgan fingerprint density at radius 3 is 2.90 bits per heavy atom. The van der Waals surface area contributed by atoms with Crippen molar-refractivity contribution >= 4 is 5.97 Å². The van der Waals surface area contributed by atoms with E-state index in [0.717, 1.165) is 58.5 Å². The van der Waals surface area contributed by atoms with Crippen LogP contribution in [0.2, 0.25) is 0 Å². The maximum Gasteiger partial charge on any atom is 0.305 e. The fourth-order valence-electron chi connectivity index (χ4n) is 3.07. The Kier molecular flexibility index (Phi) is 6.26. The molecule has 5 heteroatoms. The lowest BCUT2D eigenvalue weighted by Crippen LogP contribution is -2.50. The Morgan fingerprint density at radius 2 is 2.15 bits per heavy atom. The van der Waals surface area contributed by atoms with Crippen LogP contribution in [0.15, 0.2) is 0 Å². The lowest BCUT2D eigenvalue weighted by molar-refractivity contribution is -0.143. The first-order valence-corrected chi connectivity index (χ1v) is 7.85. The Labute approximate surface area is 121 Å². The van der Waals surface area contributed by atoms with Crippen LogP contribution in [0.25, 0.3) is 0 Å². The molecule has 0 radical (unpaired) electrons. The molecule has 1 atom stereocenters. The second kappa shape index (κ2) is 7.96. The summed E-state index contributed by atoms with van der Waals surface area (Å²) >= 11 is 0. The van der Waals surface area contributed by atoms with E-state index >= 15 is 0 Å². The normalized spacial score (nSPS) is 25.6. The van der Waals surface area contributed by atoms with Crippen LogP contribution in [-0.2, 0) is 19.0 Å². The number of esters is 1. The summed E-state index contributed by atoms with van der Waals surface area (Å²) in [6, 6.07) is 0.504. The van der Waals surface area contributed by atoms with E-state index in [-0.39, 0.29) is 11.6 Å². The lowest BCUT2D eigenvalue weighted by Gasteiger charge is -2.43. The van der Waals surface area contributed by atoms with Crippen LogP contribution < -0.4 is 5.32 Å². The summed E-state index contributed by atoms with van der Waals surface area (Å²) in [5.74, 6) is -0.0952. The highest BCUT2D eigenvalue weighted by Gasteiger charge is 2.38. The monoisotopic (exact) mass is 285 g/mol. The topological polar surface area (TPSA) is 56.8 Å². The maximum atomic E-state index is 11.3. The van der Waals surface area contributed by atoms with Gasteiger partial charge in [-0.1, -0.05) is 0 Å². The van der Waals surface area contributed by atoms with Gasteiger partial charge >= 0.3 is 5.97 Å². The van der Waals surface area contributed by atoms with Crippen molar-refractivity contribution in [3.05, 3.63) is 0 Å². The van der Waals surface area contributed by atoms with Crippen LogP contribution in [0.5, 0.6) is 0 Å². The van der Waals surface area contributed by atoms with E-state index in [0.29, 0.717) is 19.1 Å². The van der Waals surface area contributed by atoms with Gasteiger partial charge in [0.2, 0.25) is 0 Å². The number of hydrogen-bond acceptors (Lipinski definition) is 5. The molecule has 2 aliphatic rings. The molecule has 0 aliphatic carbocycles. The molecule has 5 nitrogen and oxygen atoms in total. The van der Waals surface area contributed by atoms with E-state index in [9.17, 15) is 4.79 Å². The SMILES string of the molecule is CCOC(=O)CCCNC1CCOC2(CCOCC2)C1. The van der Waals surface area contributed by atoms with Crippen molar-refractivity contribution in [2.45, 2.75) is 57.1 Å². The van der Waals surface area contributed by atoms with Gasteiger partial charge in [0.05, 0.1) is 12.2 Å². The predicted molar refractivity (Wildman–Crippen MR) is 75.6 cm³/mol. The molecule has 2 rings (SSSR count). The van der Waals surface area contributed by atoms with E-state index in [1.165, 1.54) is 0 Å². The average Bonchev–Trinajstić information content (AvgIpc) is 2.45. The van der Waals surface area contributed by atoms with Gasteiger partial charge < -0.3 is 19.5 Å². The van der Waals surface area contributed by atoms with Gasteiger partial charge in [-0.15, -0.1) is 0 Å². The number of rotatable bonds is 6. The Morgan fingerprint density at radius 1 is 1.35 bits per heavy atom. The molecule has 2 fully saturated rings. The van der Waals surface area contributed by atoms with Crippen LogP contribution in [-0.4, -0.2) is 50.6 Å². The van der Waals surface area contributed by atoms with Crippen LogP contribution in [0.1, 0.15) is 45.4 Å². The predicted octanol–water partition coefficient (Wildman–Crippen LogP) is 1.65. The molecule has 2 saturated heterocycles. The van der Waals surface area contributed by atoms with Gasteiger partial charge in [0.15, 0.2) is 0 Å². The summed E-state index contributed by atoms with van der Waals surface area (Å²) in [6.45, 7) is 5.64. The van der Waals surface area contributed by atoms with E-state index in [1.807, 2.05) is 6.92 Å². The van der Waals surface area contributed by atoms with Crippen LogP contribution >= 0.6 is 0 Å². The number of carbonyl (C=O) groups excluding carboxylic acids is 1. The molecule has 0 saturated carbocycles. The molecule has 0 aromatic carbocycles. The molecule has 2 aliphatic heterocycles. The molecular weight excluding hydrogens is 258 g/mol.